The Bertz CT molecular complexity index is 1130. The van der Waals surface area contributed by atoms with Crippen LogP contribution in [0.25, 0.3) is 0 Å². The Morgan fingerprint density at radius 2 is 1.61 bits per heavy atom. The molecule has 7 heteroatoms. The minimum atomic E-state index is -0.153. The Morgan fingerprint density at radius 3 is 2.32 bits per heavy atom. The second-order valence-electron chi connectivity index (χ2n) is 6.90. The Labute approximate surface area is 184 Å². The number of aryl methyl sites for hydroxylation is 1. The zero-order valence-electron chi connectivity index (χ0n) is 16.9. The number of ether oxygens (including phenoxy) is 1. The van der Waals surface area contributed by atoms with Gasteiger partial charge in [0.15, 0.2) is 0 Å². The van der Waals surface area contributed by atoms with Gasteiger partial charge in [-0.15, -0.1) is 10.2 Å². The normalized spacial score (nSPS) is 10.6. The van der Waals surface area contributed by atoms with Crippen LogP contribution in [0.15, 0.2) is 88.5 Å². The van der Waals surface area contributed by atoms with Crippen molar-refractivity contribution in [2.24, 2.45) is 0 Å². The summed E-state index contributed by atoms with van der Waals surface area (Å²) < 4.78 is 11.4. The van der Waals surface area contributed by atoms with E-state index in [1.54, 1.807) is 12.1 Å². The summed E-state index contributed by atoms with van der Waals surface area (Å²) in [4.78, 5) is 12.2. The molecule has 0 spiro atoms. The molecule has 1 heterocycles. The SMILES string of the molecule is Cc1ccc(Oc2ccc(NC(=O)CSc3nnc(Cc4ccccc4)o3)cc2)cc1. The number of amides is 1. The van der Waals surface area contributed by atoms with Crippen molar-refractivity contribution >= 4 is 23.4 Å². The molecule has 0 unspecified atom stereocenters. The van der Waals surface area contributed by atoms with Gasteiger partial charge in [-0.05, 0) is 48.9 Å². The van der Waals surface area contributed by atoms with Crippen LogP contribution in [0.1, 0.15) is 17.0 Å². The molecule has 3 aromatic carbocycles. The van der Waals surface area contributed by atoms with Crippen LogP contribution in [-0.2, 0) is 11.2 Å². The number of rotatable bonds is 8. The highest BCUT2D eigenvalue weighted by Crippen LogP contribution is 2.24. The van der Waals surface area contributed by atoms with Gasteiger partial charge in [0.25, 0.3) is 5.22 Å². The summed E-state index contributed by atoms with van der Waals surface area (Å²) in [5, 5.41) is 11.3. The molecule has 0 saturated heterocycles. The number of carbonyl (C=O) groups excluding carboxylic acids is 1. The number of carbonyl (C=O) groups is 1. The lowest BCUT2D eigenvalue weighted by atomic mass is 10.2. The molecule has 31 heavy (non-hydrogen) atoms. The lowest BCUT2D eigenvalue weighted by molar-refractivity contribution is -0.113. The predicted octanol–water partition coefficient (Wildman–Crippen LogP) is 5.49. The maximum atomic E-state index is 12.2. The quantitative estimate of drug-likeness (QED) is 0.372. The lowest BCUT2D eigenvalue weighted by Crippen LogP contribution is -2.13. The fraction of sp³-hybridized carbons (Fsp3) is 0.125. The van der Waals surface area contributed by atoms with E-state index in [4.69, 9.17) is 9.15 Å². The van der Waals surface area contributed by atoms with Gasteiger partial charge in [0, 0.05) is 5.69 Å². The van der Waals surface area contributed by atoms with Crippen LogP contribution < -0.4 is 10.1 Å². The topological polar surface area (TPSA) is 77.2 Å². The first-order valence-corrected chi connectivity index (χ1v) is 10.8. The summed E-state index contributed by atoms with van der Waals surface area (Å²) in [6, 6.07) is 25.0. The van der Waals surface area contributed by atoms with E-state index in [9.17, 15) is 4.79 Å². The highest BCUT2D eigenvalue weighted by molar-refractivity contribution is 7.99. The molecule has 156 valence electrons. The monoisotopic (exact) mass is 431 g/mol. The summed E-state index contributed by atoms with van der Waals surface area (Å²) in [5.41, 5.74) is 2.96. The molecule has 0 fully saturated rings. The number of aromatic nitrogens is 2. The van der Waals surface area contributed by atoms with Gasteiger partial charge in [0.05, 0.1) is 12.2 Å². The Morgan fingerprint density at radius 1 is 0.935 bits per heavy atom. The Balaban J connectivity index is 1.25. The van der Waals surface area contributed by atoms with Crippen LogP contribution in [0.2, 0.25) is 0 Å². The first-order valence-electron chi connectivity index (χ1n) is 9.77. The molecule has 4 aromatic rings. The van der Waals surface area contributed by atoms with Crippen LogP contribution in [0.4, 0.5) is 5.69 Å². The van der Waals surface area contributed by atoms with E-state index in [1.165, 1.54) is 17.3 Å². The van der Waals surface area contributed by atoms with Crippen molar-refractivity contribution in [1.29, 1.82) is 0 Å². The summed E-state index contributed by atoms with van der Waals surface area (Å²) in [6.45, 7) is 2.03. The fourth-order valence-electron chi connectivity index (χ4n) is 2.81. The lowest BCUT2D eigenvalue weighted by Gasteiger charge is -2.08. The number of nitrogens with one attached hydrogen (secondary N) is 1. The van der Waals surface area contributed by atoms with Gasteiger partial charge in [-0.2, -0.15) is 0 Å². The molecule has 1 N–H and O–H groups in total. The van der Waals surface area contributed by atoms with Crippen LogP contribution in [0, 0.1) is 6.92 Å². The molecule has 4 rings (SSSR count). The van der Waals surface area contributed by atoms with E-state index in [0.717, 1.165) is 11.3 Å². The van der Waals surface area contributed by atoms with Crippen LogP contribution in [0.3, 0.4) is 0 Å². The minimum absolute atomic E-state index is 0.153. The maximum Gasteiger partial charge on any atom is 0.277 e. The van der Waals surface area contributed by atoms with Crippen LogP contribution >= 0.6 is 11.8 Å². The number of hydrogen-bond acceptors (Lipinski definition) is 6. The minimum Gasteiger partial charge on any atom is -0.457 e. The third kappa shape index (κ3) is 6.20. The maximum absolute atomic E-state index is 12.2. The molecule has 6 nitrogen and oxygen atoms in total. The van der Waals surface area contributed by atoms with Crippen molar-refractivity contribution in [2.45, 2.75) is 18.6 Å². The summed E-state index contributed by atoms with van der Waals surface area (Å²) in [6.07, 6.45) is 0.567. The molecule has 0 bridgehead atoms. The third-order valence-corrected chi connectivity index (χ3v) is 5.19. The smallest absolute Gasteiger partial charge is 0.277 e. The molecule has 1 amide bonds. The second kappa shape index (κ2) is 9.95. The first-order chi connectivity index (χ1) is 15.1. The van der Waals surface area contributed by atoms with E-state index in [1.807, 2.05) is 73.7 Å². The van der Waals surface area contributed by atoms with Gasteiger partial charge >= 0.3 is 0 Å². The molecular weight excluding hydrogens is 410 g/mol. The van der Waals surface area contributed by atoms with E-state index in [0.29, 0.717) is 29.0 Å². The number of thioether (sulfide) groups is 1. The number of hydrogen-bond donors (Lipinski definition) is 1. The molecule has 0 radical (unpaired) electrons. The van der Waals surface area contributed by atoms with E-state index >= 15 is 0 Å². The van der Waals surface area contributed by atoms with Crippen molar-refractivity contribution in [1.82, 2.24) is 10.2 Å². The Hall–Kier alpha value is -3.58. The highest BCUT2D eigenvalue weighted by Gasteiger charge is 2.11. The van der Waals surface area contributed by atoms with Gasteiger partial charge in [-0.1, -0.05) is 59.8 Å². The highest BCUT2D eigenvalue weighted by atomic mass is 32.2. The fourth-order valence-corrected chi connectivity index (χ4v) is 3.39. The van der Waals surface area contributed by atoms with Crippen molar-refractivity contribution in [3.05, 3.63) is 95.9 Å². The largest absolute Gasteiger partial charge is 0.457 e. The van der Waals surface area contributed by atoms with E-state index in [-0.39, 0.29) is 11.7 Å². The number of nitrogens with zero attached hydrogens (tertiary/aromatic N) is 2. The summed E-state index contributed by atoms with van der Waals surface area (Å²) in [7, 11) is 0. The van der Waals surface area contributed by atoms with Crippen molar-refractivity contribution in [3.8, 4) is 11.5 Å². The van der Waals surface area contributed by atoms with Crippen molar-refractivity contribution in [2.75, 3.05) is 11.1 Å². The zero-order chi connectivity index (χ0) is 21.5. The van der Waals surface area contributed by atoms with Crippen molar-refractivity contribution in [3.63, 3.8) is 0 Å². The second-order valence-corrected chi connectivity index (χ2v) is 7.83. The number of benzene rings is 3. The van der Waals surface area contributed by atoms with Gasteiger partial charge in [-0.25, -0.2) is 0 Å². The molecule has 1 aromatic heterocycles. The standard InChI is InChI=1S/C24H21N3O3S/c1-17-7-11-20(12-8-17)29-21-13-9-19(10-14-21)25-22(28)16-31-24-27-26-23(30-24)15-18-5-3-2-4-6-18/h2-14H,15-16H2,1H3,(H,25,28). The van der Waals surface area contributed by atoms with Crippen LogP contribution in [0.5, 0.6) is 11.5 Å². The summed E-state index contributed by atoms with van der Waals surface area (Å²) in [5.74, 6) is 2.02. The predicted molar refractivity (Wildman–Crippen MR) is 121 cm³/mol. The average Bonchev–Trinajstić information content (AvgIpc) is 3.23. The zero-order valence-corrected chi connectivity index (χ0v) is 17.8. The van der Waals surface area contributed by atoms with Gasteiger partial charge in [0.1, 0.15) is 11.5 Å². The van der Waals surface area contributed by atoms with E-state index in [2.05, 4.69) is 15.5 Å². The first kappa shape index (κ1) is 20.7. The number of anilines is 1. The summed E-state index contributed by atoms with van der Waals surface area (Å²) >= 11 is 1.21. The average molecular weight is 432 g/mol. The molecule has 0 aliphatic heterocycles. The molecule has 0 aliphatic carbocycles. The third-order valence-electron chi connectivity index (χ3n) is 4.37. The molecular formula is C24H21N3O3S. The molecule has 0 atom stereocenters. The van der Waals surface area contributed by atoms with Gasteiger partial charge in [-0.3, -0.25) is 4.79 Å². The Kier molecular flexibility index (Phi) is 6.64. The van der Waals surface area contributed by atoms with E-state index < -0.39 is 0 Å². The van der Waals surface area contributed by atoms with Gasteiger partial charge < -0.3 is 14.5 Å². The van der Waals surface area contributed by atoms with Crippen LogP contribution in [-0.4, -0.2) is 21.9 Å². The molecule has 0 aliphatic rings. The van der Waals surface area contributed by atoms with Gasteiger partial charge in [0.2, 0.25) is 11.8 Å². The van der Waals surface area contributed by atoms with Crippen molar-refractivity contribution < 1.29 is 13.9 Å². The molecule has 0 saturated carbocycles.